The molecule has 0 spiro atoms. The fourth-order valence-corrected chi connectivity index (χ4v) is 2.64. The maximum Gasteiger partial charge on any atom is 0.119 e. The van der Waals surface area contributed by atoms with Crippen LogP contribution in [0.2, 0.25) is 0 Å². The van der Waals surface area contributed by atoms with Crippen LogP contribution in [-0.2, 0) is 6.54 Å². The highest BCUT2D eigenvalue weighted by Gasteiger charge is 2.29. The van der Waals surface area contributed by atoms with E-state index in [2.05, 4.69) is 46.8 Å². The van der Waals surface area contributed by atoms with Crippen LogP contribution in [-0.4, -0.2) is 24.6 Å². The van der Waals surface area contributed by atoms with Gasteiger partial charge in [0.15, 0.2) is 0 Å². The first-order valence-electron chi connectivity index (χ1n) is 6.66. The van der Waals surface area contributed by atoms with Gasteiger partial charge in [-0.1, -0.05) is 29.8 Å². The lowest BCUT2D eigenvalue weighted by molar-refractivity contribution is 0.225. The van der Waals surface area contributed by atoms with Gasteiger partial charge in [0.2, 0.25) is 0 Å². The van der Waals surface area contributed by atoms with Crippen molar-refractivity contribution in [1.82, 2.24) is 4.90 Å². The quantitative estimate of drug-likeness (QED) is 0.785. The van der Waals surface area contributed by atoms with E-state index in [0.29, 0.717) is 0 Å². The zero-order chi connectivity index (χ0) is 13.1. The van der Waals surface area contributed by atoms with E-state index in [1.54, 1.807) is 7.11 Å². The first-order valence-corrected chi connectivity index (χ1v) is 7.46. The summed E-state index contributed by atoms with van der Waals surface area (Å²) in [7, 11) is 1.72. The molecule has 0 aliphatic heterocycles. The Morgan fingerprint density at radius 3 is 2.67 bits per heavy atom. The van der Waals surface area contributed by atoms with Gasteiger partial charge >= 0.3 is 0 Å². The lowest BCUT2D eigenvalue weighted by Crippen LogP contribution is -2.29. The Hall–Kier alpha value is -0.540. The standard InChI is InChI=1S/C15H22BrNO/c1-11(2)9-17(13-4-5-13)10-12-8-14(18-3)6-7-15(12)16/h6-8,11,13H,4-5,9-10H2,1-3H3. The van der Waals surface area contributed by atoms with Gasteiger partial charge in [0.25, 0.3) is 0 Å². The van der Waals surface area contributed by atoms with E-state index in [9.17, 15) is 0 Å². The molecule has 2 nitrogen and oxygen atoms in total. The van der Waals surface area contributed by atoms with E-state index < -0.39 is 0 Å². The van der Waals surface area contributed by atoms with Gasteiger partial charge in [-0.3, -0.25) is 4.90 Å². The second kappa shape index (κ2) is 6.07. The third-order valence-electron chi connectivity index (χ3n) is 3.29. The number of rotatable bonds is 6. The maximum atomic E-state index is 5.31. The summed E-state index contributed by atoms with van der Waals surface area (Å²) in [5.74, 6) is 1.66. The fraction of sp³-hybridized carbons (Fsp3) is 0.600. The number of ether oxygens (including phenoxy) is 1. The van der Waals surface area contributed by atoms with Crippen molar-refractivity contribution in [2.45, 2.75) is 39.3 Å². The number of nitrogens with zero attached hydrogens (tertiary/aromatic N) is 1. The molecule has 2 rings (SSSR count). The maximum absolute atomic E-state index is 5.31. The Kier molecular flexibility index (Phi) is 4.68. The molecule has 0 bridgehead atoms. The van der Waals surface area contributed by atoms with E-state index in [1.807, 2.05) is 6.07 Å². The Balaban J connectivity index is 2.09. The number of hydrogen-bond acceptors (Lipinski definition) is 2. The molecule has 0 aromatic heterocycles. The smallest absolute Gasteiger partial charge is 0.119 e. The summed E-state index contributed by atoms with van der Waals surface area (Å²) in [6.07, 6.45) is 2.71. The zero-order valence-corrected chi connectivity index (χ0v) is 13.0. The third kappa shape index (κ3) is 3.72. The van der Waals surface area contributed by atoms with Crippen LogP contribution in [0.25, 0.3) is 0 Å². The van der Waals surface area contributed by atoms with Crippen molar-refractivity contribution in [1.29, 1.82) is 0 Å². The van der Waals surface area contributed by atoms with Crippen molar-refractivity contribution in [3.63, 3.8) is 0 Å². The van der Waals surface area contributed by atoms with Gasteiger partial charge in [-0.15, -0.1) is 0 Å². The lowest BCUT2D eigenvalue weighted by atomic mass is 10.1. The molecule has 0 heterocycles. The van der Waals surface area contributed by atoms with Gasteiger partial charge in [-0.2, -0.15) is 0 Å². The SMILES string of the molecule is COc1ccc(Br)c(CN(CC(C)C)C2CC2)c1. The molecule has 18 heavy (non-hydrogen) atoms. The van der Waals surface area contributed by atoms with E-state index in [1.165, 1.54) is 29.4 Å². The van der Waals surface area contributed by atoms with Crippen LogP contribution in [0.5, 0.6) is 5.75 Å². The van der Waals surface area contributed by atoms with Crippen molar-refractivity contribution in [3.05, 3.63) is 28.2 Å². The Morgan fingerprint density at radius 1 is 1.39 bits per heavy atom. The minimum absolute atomic E-state index is 0.718. The fourth-order valence-electron chi connectivity index (χ4n) is 2.27. The number of methoxy groups -OCH3 is 1. The summed E-state index contributed by atoms with van der Waals surface area (Å²) in [4.78, 5) is 2.60. The van der Waals surface area contributed by atoms with Crippen molar-refractivity contribution < 1.29 is 4.74 Å². The van der Waals surface area contributed by atoms with Crippen LogP contribution < -0.4 is 4.74 Å². The van der Waals surface area contributed by atoms with Crippen LogP contribution in [0.3, 0.4) is 0 Å². The summed E-state index contributed by atoms with van der Waals surface area (Å²) in [6.45, 7) is 6.76. The van der Waals surface area contributed by atoms with Gasteiger partial charge in [0.05, 0.1) is 7.11 Å². The van der Waals surface area contributed by atoms with Crippen molar-refractivity contribution in [2.24, 2.45) is 5.92 Å². The highest BCUT2D eigenvalue weighted by Crippen LogP contribution is 2.31. The number of hydrogen-bond donors (Lipinski definition) is 0. The Morgan fingerprint density at radius 2 is 2.11 bits per heavy atom. The van der Waals surface area contributed by atoms with Gasteiger partial charge < -0.3 is 4.74 Å². The molecule has 1 aromatic rings. The van der Waals surface area contributed by atoms with E-state index in [-0.39, 0.29) is 0 Å². The first kappa shape index (κ1) is 13.9. The monoisotopic (exact) mass is 311 g/mol. The topological polar surface area (TPSA) is 12.5 Å². The van der Waals surface area contributed by atoms with Crippen LogP contribution >= 0.6 is 15.9 Å². The normalized spacial score (nSPS) is 15.4. The van der Waals surface area contributed by atoms with Gasteiger partial charge in [0.1, 0.15) is 5.75 Å². The van der Waals surface area contributed by atoms with Crippen LogP contribution in [0, 0.1) is 5.92 Å². The highest BCUT2D eigenvalue weighted by atomic mass is 79.9. The summed E-state index contributed by atoms with van der Waals surface area (Å²) < 4.78 is 6.49. The molecule has 1 aliphatic carbocycles. The summed E-state index contributed by atoms with van der Waals surface area (Å²) in [5, 5.41) is 0. The largest absolute Gasteiger partial charge is 0.497 e. The summed E-state index contributed by atoms with van der Waals surface area (Å²) in [6, 6.07) is 7.01. The van der Waals surface area contributed by atoms with Crippen molar-refractivity contribution in [3.8, 4) is 5.75 Å². The molecule has 1 fully saturated rings. The molecule has 0 radical (unpaired) electrons. The third-order valence-corrected chi connectivity index (χ3v) is 4.06. The van der Waals surface area contributed by atoms with Gasteiger partial charge in [-0.25, -0.2) is 0 Å². The molecule has 1 aromatic carbocycles. The second-order valence-corrected chi connectivity index (χ2v) is 6.37. The molecular weight excluding hydrogens is 290 g/mol. The first-order chi connectivity index (χ1) is 8.60. The molecule has 0 amide bonds. The van der Waals surface area contributed by atoms with Crippen molar-refractivity contribution >= 4 is 15.9 Å². The van der Waals surface area contributed by atoms with Crippen molar-refractivity contribution in [2.75, 3.05) is 13.7 Å². The van der Waals surface area contributed by atoms with Gasteiger partial charge in [-0.05, 0) is 42.5 Å². The van der Waals surface area contributed by atoms with Crippen LogP contribution in [0.4, 0.5) is 0 Å². The second-order valence-electron chi connectivity index (χ2n) is 5.51. The van der Waals surface area contributed by atoms with E-state index >= 15 is 0 Å². The number of halogens is 1. The lowest BCUT2D eigenvalue weighted by Gasteiger charge is -2.24. The van der Waals surface area contributed by atoms with Crippen LogP contribution in [0.1, 0.15) is 32.3 Å². The Bertz CT molecular complexity index is 401. The number of benzene rings is 1. The minimum Gasteiger partial charge on any atom is -0.497 e. The molecular formula is C15H22BrNO. The predicted octanol–water partition coefficient (Wildman–Crippen LogP) is 4.08. The molecule has 0 atom stereocenters. The molecule has 1 saturated carbocycles. The van der Waals surface area contributed by atoms with E-state index in [0.717, 1.165) is 24.3 Å². The molecule has 100 valence electrons. The average molecular weight is 312 g/mol. The Labute approximate surface area is 118 Å². The molecule has 3 heteroatoms. The molecule has 0 unspecified atom stereocenters. The van der Waals surface area contributed by atoms with E-state index in [4.69, 9.17) is 4.74 Å². The zero-order valence-electron chi connectivity index (χ0n) is 11.4. The summed E-state index contributed by atoms with van der Waals surface area (Å²) >= 11 is 3.64. The predicted molar refractivity (Wildman–Crippen MR) is 79.0 cm³/mol. The molecule has 1 aliphatic rings. The highest BCUT2D eigenvalue weighted by molar-refractivity contribution is 9.10. The van der Waals surface area contributed by atoms with Crippen LogP contribution in [0.15, 0.2) is 22.7 Å². The van der Waals surface area contributed by atoms with Gasteiger partial charge in [0, 0.05) is 23.6 Å². The molecule has 0 saturated heterocycles. The molecule has 0 N–H and O–H groups in total. The average Bonchev–Trinajstić information content (AvgIpc) is 3.14. The summed E-state index contributed by atoms with van der Waals surface area (Å²) in [5.41, 5.74) is 1.32. The minimum atomic E-state index is 0.718.